The molecule has 3 aromatic heterocycles. The molecule has 1 saturated heterocycles. The number of carbonyl (C=O) groups is 2. The molecular formula is C19H17ClN4O3. The lowest BCUT2D eigenvalue weighted by molar-refractivity contribution is -0.123. The average Bonchev–Trinajstić information content (AvgIpc) is 3.28. The van der Waals surface area contributed by atoms with Crippen LogP contribution in [0.25, 0.3) is 16.8 Å². The third kappa shape index (κ3) is 2.78. The summed E-state index contributed by atoms with van der Waals surface area (Å²) < 4.78 is 6.92. The Morgan fingerprint density at radius 2 is 2.19 bits per heavy atom. The highest BCUT2D eigenvalue weighted by Gasteiger charge is 2.30. The predicted octanol–water partition coefficient (Wildman–Crippen LogP) is 2.70. The van der Waals surface area contributed by atoms with Crippen molar-refractivity contribution >= 4 is 28.9 Å². The fourth-order valence-electron chi connectivity index (χ4n) is 3.51. The van der Waals surface area contributed by atoms with Crippen molar-refractivity contribution in [2.75, 3.05) is 19.6 Å². The Bertz CT molecular complexity index is 1050. The Hall–Kier alpha value is -2.80. The second kappa shape index (κ2) is 6.13. The summed E-state index contributed by atoms with van der Waals surface area (Å²) in [5.74, 6) is 0.0193. The monoisotopic (exact) mass is 384 g/mol. The van der Waals surface area contributed by atoms with Crippen LogP contribution in [0.5, 0.6) is 0 Å². The zero-order valence-corrected chi connectivity index (χ0v) is 15.2. The first-order chi connectivity index (χ1) is 13.1. The summed E-state index contributed by atoms with van der Waals surface area (Å²) >= 11 is 6.58. The van der Waals surface area contributed by atoms with Gasteiger partial charge in [-0.1, -0.05) is 11.6 Å². The Morgan fingerprint density at radius 1 is 1.33 bits per heavy atom. The number of amides is 2. The first-order valence-electron chi connectivity index (χ1n) is 8.92. The third-order valence-corrected chi connectivity index (χ3v) is 5.46. The number of piperazine rings is 1. The predicted molar refractivity (Wildman–Crippen MR) is 98.8 cm³/mol. The van der Waals surface area contributed by atoms with E-state index in [1.165, 1.54) is 10.5 Å². The van der Waals surface area contributed by atoms with E-state index >= 15 is 0 Å². The van der Waals surface area contributed by atoms with Crippen molar-refractivity contribution in [1.29, 1.82) is 0 Å². The lowest BCUT2D eigenvalue weighted by Gasteiger charge is -2.25. The Morgan fingerprint density at radius 3 is 2.89 bits per heavy atom. The minimum Gasteiger partial charge on any atom is -0.472 e. The normalized spacial score (nSPS) is 17.4. The number of hydrogen-bond donors (Lipinski definition) is 1. The van der Waals surface area contributed by atoms with Crippen LogP contribution in [0.15, 0.2) is 35.1 Å². The Labute approximate surface area is 159 Å². The van der Waals surface area contributed by atoms with Crippen LogP contribution in [0.2, 0.25) is 5.02 Å². The second-order valence-corrected chi connectivity index (χ2v) is 7.37. The molecule has 8 heteroatoms. The zero-order valence-electron chi connectivity index (χ0n) is 14.4. The first kappa shape index (κ1) is 16.4. The summed E-state index contributed by atoms with van der Waals surface area (Å²) in [7, 11) is 0. The number of nitrogens with one attached hydrogen (secondary N) is 1. The molecule has 2 fully saturated rings. The van der Waals surface area contributed by atoms with E-state index in [0.29, 0.717) is 29.5 Å². The van der Waals surface area contributed by atoms with Gasteiger partial charge >= 0.3 is 0 Å². The van der Waals surface area contributed by atoms with Crippen molar-refractivity contribution in [3.63, 3.8) is 0 Å². The summed E-state index contributed by atoms with van der Waals surface area (Å²) in [6, 6.07) is 5.95. The standard InChI is InChI=1S/C19H17ClN4O3/c20-17-15-8-13(11-1-2-11)7-14(12-3-6-27-10-12)24(15)22-18(17)19(26)23-5-4-21-16(25)9-23/h3,6-8,10-11H,1-2,4-5,9H2,(H,21,25). The Kier molecular flexibility index (Phi) is 3.72. The topological polar surface area (TPSA) is 79.9 Å². The number of carbonyl (C=O) groups excluding carboxylic acids is 2. The SMILES string of the molecule is O=C1CN(C(=O)c2nn3c(-c4ccoc4)cc(C4CC4)cc3c2Cl)CCN1. The summed E-state index contributed by atoms with van der Waals surface area (Å²) in [6.07, 6.45) is 5.56. The maximum absolute atomic E-state index is 12.9. The fourth-order valence-corrected chi connectivity index (χ4v) is 3.76. The average molecular weight is 385 g/mol. The van der Waals surface area contributed by atoms with Crippen LogP contribution in [-0.2, 0) is 4.79 Å². The molecule has 0 bridgehead atoms. The molecule has 0 radical (unpaired) electrons. The van der Waals surface area contributed by atoms with E-state index in [1.807, 2.05) is 12.1 Å². The lowest BCUT2D eigenvalue weighted by Crippen LogP contribution is -2.50. The van der Waals surface area contributed by atoms with Gasteiger partial charge in [-0.2, -0.15) is 5.10 Å². The van der Waals surface area contributed by atoms with Gasteiger partial charge in [0.05, 0.1) is 35.3 Å². The van der Waals surface area contributed by atoms with Gasteiger partial charge in [-0.15, -0.1) is 0 Å². The van der Waals surface area contributed by atoms with Gasteiger partial charge in [-0.25, -0.2) is 4.52 Å². The van der Waals surface area contributed by atoms with Crippen LogP contribution in [0.4, 0.5) is 0 Å². The van der Waals surface area contributed by atoms with E-state index in [4.69, 9.17) is 16.0 Å². The number of aromatic nitrogens is 2. The van der Waals surface area contributed by atoms with Crippen molar-refractivity contribution in [3.8, 4) is 11.3 Å². The fraction of sp³-hybridized carbons (Fsp3) is 0.316. The van der Waals surface area contributed by atoms with Gasteiger partial charge < -0.3 is 14.6 Å². The number of pyridine rings is 1. The van der Waals surface area contributed by atoms with Crippen molar-refractivity contribution < 1.29 is 14.0 Å². The third-order valence-electron chi connectivity index (χ3n) is 5.09. The molecule has 1 aliphatic heterocycles. The molecule has 3 aromatic rings. The van der Waals surface area contributed by atoms with Gasteiger partial charge in [-0.05, 0) is 42.5 Å². The summed E-state index contributed by atoms with van der Waals surface area (Å²) in [5, 5.41) is 7.54. The number of rotatable bonds is 3. The van der Waals surface area contributed by atoms with Gasteiger partial charge in [0.1, 0.15) is 0 Å². The van der Waals surface area contributed by atoms with Crippen molar-refractivity contribution in [2.45, 2.75) is 18.8 Å². The van der Waals surface area contributed by atoms with Crippen LogP contribution in [0, 0.1) is 0 Å². The van der Waals surface area contributed by atoms with Gasteiger partial charge in [0, 0.05) is 18.7 Å². The number of hydrogen-bond acceptors (Lipinski definition) is 4. The van der Waals surface area contributed by atoms with Crippen LogP contribution < -0.4 is 5.32 Å². The number of fused-ring (bicyclic) bond motifs is 1. The Balaban J connectivity index is 1.64. The summed E-state index contributed by atoms with van der Waals surface area (Å²) in [5.41, 5.74) is 3.77. The zero-order chi connectivity index (χ0) is 18.5. The maximum Gasteiger partial charge on any atom is 0.276 e. The van der Waals surface area contributed by atoms with E-state index in [-0.39, 0.29) is 24.1 Å². The van der Waals surface area contributed by atoms with Crippen LogP contribution in [0.1, 0.15) is 34.8 Å². The van der Waals surface area contributed by atoms with E-state index in [9.17, 15) is 9.59 Å². The van der Waals surface area contributed by atoms with Gasteiger partial charge in [0.15, 0.2) is 5.69 Å². The molecule has 27 heavy (non-hydrogen) atoms. The van der Waals surface area contributed by atoms with E-state index in [0.717, 1.165) is 24.1 Å². The molecule has 0 unspecified atom stereocenters. The highest BCUT2D eigenvalue weighted by Crippen LogP contribution is 2.42. The molecule has 1 saturated carbocycles. The van der Waals surface area contributed by atoms with Gasteiger partial charge in [-0.3, -0.25) is 9.59 Å². The molecule has 1 N–H and O–H groups in total. The molecule has 2 amide bonds. The van der Waals surface area contributed by atoms with Gasteiger partial charge in [0.25, 0.3) is 5.91 Å². The minimum absolute atomic E-state index is 0.0188. The minimum atomic E-state index is -0.329. The van der Waals surface area contributed by atoms with Crippen molar-refractivity contribution in [2.24, 2.45) is 0 Å². The van der Waals surface area contributed by atoms with Crippen LogP contribution in [-0.4, -0.2) is 46.0 Å². The van der Waals surface area contributed by atoms with Crippen molar-refractivity contribution in [3.05, 3.63) is 47.0 Å². The largest absolute Gasteiger partial charge is 0.472 e. The molecule has 0 atom stereocenters. The van der Waals surface area contributed by atoms with E-state index in [1.54, 1.807) is 17.0 Å². The van der Waals surface area contributed by atoms with E-state index < -0.39 is 0 Å². The highest BCUT2D eigenvalue weighted by atomic mass is 35.5. The van der Waals surface area contributed by atoms with Crippen LogP contribution in [0.3, 0.4) is 0 Å². The van der Waals surface area contributed by atoms with Crippen LogP contribution >= 0.6 is 11.6 Å². The molecule has 4 heterocycles. The quantitative estimate of drug-likeness (QED) is 0.753. The highest BCUT2D eigenvalue weighted by molar-refractivity contribution is 6.37. The summed E-state index contributed by atoms with van der Waals surface area (Å²) in [4.78, 5) is 26.0. The second-order valence-electron chi connectivity index (χ2n) is 7.00. The number of nitrogens with zero attached hydrogens (tertiary/aromatic N) is 3. The van der Waals surface area contributed by atoms with E-state index in [2.05, 4.69) is 16.5 Å². The number of furan rings is 1. The lowest BCUT2D eigenvalue weighted by atomic mass is 10.1. The maximum atomic E-state index is 12.9. The molecule has 0 aromatic carbocycles. The van der Waals surface area contributed by atoms with Gasteiger partial charge in [0.2, 0.25) is 5.91 Å². The van der Waals surface area contributed by atoms with Crippen molar-refractivity contribution in [1.82, 2.24) is 19.8 Å². The molecule has 2 aliphatic rings. The summed E-state index contributed by atoms with van der Waals surface area (Å²) in [6.45, 7) is 0.892. The molecular weight excluding hydrogens is 368 g/mol. The molecule has 7 nitrogen and oxygen atoms in total. The number of halogens is 1. The smallest absolute Gasteiger partial charge is 0.276 e. The molecule has 1 aliphatic carbocycles. The molecule has 0 spiro atoms. The molecule has 5 rings (SSSR count). The first-order valence-corrected chi connectivity index (χ1v) is 9.30. The molecule has 138 valence electrons.